The lowest BCUT2D eigenvalue weighted by molar-refractivity contribution is 0.0772. The first-order chi connectivity index (χ1) is 13.1. The summed E-state index contributed by atoms with van der Waals surface area (Å²) in [4.78, 5) is 21.0. The van der Waals surface area contributed by atoms with Gasteiger partial charge in [0.1, 0.15) is 0 Å². The number of piperidine rings is 1. The second kappa shape index (κ2) is 8.89. The normalized spacial score (nSPS) is 14.9. The van der Waals surface area contributed by atoms with E-state index in [-0.39, 0.29) is 5.91 Å². The number of anilines is 3. The van der Waals surface area contributed by atoms with E-state index in [1.165, 1.54) is 18.5 Å². The number of nitrogens with zero attached hydrogens (tertiary/aromatic N) is 3. The summed E-state index contributed by atoms with van der Waals surface area (Å²) in [6.07, 6.45) is 5.91. The molecule has 27 heavy (non-hydrogen) atoms. The first-order valence-corrected chi connectivity index (χ1v) is 9.97. The second-order valence-corrected chi connectivity index (χ2v) is 7.28. The Bertz CT molecular complexity index is 747. The molecule has 2 heterocycles. The number of nitrogens with one attached hydrogen (secondary N) is 1. The Kier molecular flexibility index (Phi) is 6.32. The van der Waals surface area contributed by atoms with Crippen molar-refractivity contribution in [3.8, 4) is 0 Å². The van der Waals surface area contributed by atoms with Crippen LogP contribution in [-0.4, -0.2) is 42.0 Å². The van der Waals surface area contributed by atoms with Crippen molar-refractivity contribution in [2.45, 2.75) is 33.6 Å². The maximum atomic E-state index is 12.5. The fourth-order valence-corrected chi connectivity index (χ4v) is 3.51. The lowest BCUT2D eigenvalue weighted by atomic mass is 9.99. The summed E-state index contributed by atoms with van der Waals surface area (Å²) in [6.45, 7) is 9.97. The summed E-state index contributed by atoms with van der Waals surface area (Å²) >= 11 is 0. The molecule has 1 fully saturated rings. The van der Waals surface area contributed by atoms with Gasteiger partial charge in [0.25, 0.3) is 5.91 Å². The van der Waals surface area contributed by atoms with Crippen molar-refractivity contribution in [2.24, 2.45) is 5.92 Å². The van der Waals surface area contributed by atoms with Crippen LogP contribution in [0.3, 0.4) is 0 Å². The third-order valence-corrected chi connectivity index (χ3v) is 5.34. The molecule has 0 atom stereocenters. The van der Waals surface area contributed by atoms with Crippen molar-refractivity contribution < 1.29 is 4.79 Å². The number of carbonyl (C=O) groups is 1. The molecule has 144 valence electrons. The van der Waals surface area contributed by atoms with Crippen LogP contribution in [0, 0.1) is 5.92 Å². The Balaban J connectivity index is 1.67. The van der Waals surface area contributed by atoms with Crippen LogP contribution in [-0.2, 0) is 0 Å². The molecule has 0 saturated carbocycles. The van der Waals surface area contributed by atoms with Gasteiger partial charge in [-0.1, -0.05) is 6.92 Å². The van der Waals surface area contributed by atoms with Gasteiger partial charge in [-0.25, -0.2) is 0 Å². The van der Waals surface area contributed by atoms with E-state index in [9.17, 15) is 4.79 Å². The zero-order chi connectivity index (χ0) is 19.2. The minimum atomic E-state index is 0.0193. The standard InChI is InChI=1S/C22H30N4O/c1-4-25(5-2)22(27)18-14-20(16-23-15-18)24-19-6-8-21(9-7-19)26-12-10-17(3)11-13-26/h6-9,14-17,24H,4-5,10-13H2,1-3H3. The number of rotatable bonds is 6. The fraction of sp³-hybridized carbons (Fsp3) is 0.455. The van der Waals surface area contributed by atoms with Gasteiger partial charge >= 0.3 is 0 Å². The largest absolute Gasteiger partial charge is 0.372 e. The molecule has 1 amide bonds. The van der Waals surface area contributed by atoms with E-state index in [0.29, 0.717) is 18.7 Å². The zero-order valence-corrected chi connectivity index (χ0v) is 16.6. The van der Waals surface area contributed by atoms with Crippen LogP contribution < -0.4 is 10.2 Å². The van der Waals surface area contributed by atoms with Gasteiger partial charge in [-0.05, 0) is 62.9 Å². The van der Waals surface area contributed by atoms with Crippen LogP contribution in [0.25, 0.3) is 0 Å². The van der Waals surface area contributed by atoms with Crippen LogP contribution in [0.4, 0.5) is 17.1 Å². The third kappa shape index (κ3) is 4.79. The molecule has 5 nitrogen and oxygen atoms in total. The van der Waals surface area contributed by atoms with Crippen LogP contribution >= 0.6 is 0 Å². The van der Waals surface area contributed by atoms with Crippen LogP contribution in [0.5, 0.6) is 0 Å². The van der Waals surface area contributed by atoms with E-state index < -0.39 is 0 Å². The summed E-state index contributed by atoms with van der Waals surface area (Å²) in [5, 5.41) is 3.36. The number of benzene rings is 1. The molecule has 0 bridgehead atoms. The molecule has 1 aliphatic rings. The predicted molar refractivity (Wildman–Crippen MR) is 112 cm³/mol. The Morgan fingerprint density at radius 2 is 1.78 bits per heavy atom. The Labute approximate surface area is 162 Å². The number of amides is 1. The molecule has 5 heteroatoms. The number of carbonyl (C=O) groups excluding carboxylic acids is 1. The molecule has 1 saturated heterocycles. The van der Waals surface area contributed by atoms with Crippen molar-refractivity contribution in [1.82, 2.24) is 9.88 Å². The second-order valence-electron chi connectivity index (χ2n) is 7.28. The van der Waals surface area contributed by atoms with Crippen molar-refractivity contribution in [3.63, 3.8) is 0 Å². The van der Waals surface area contributed by atoms with Gasteiger partial charge in [0, 0.05) is 43.8 Å². The average Bonchev–Trinajstić information content (AvgIpc) is 2.70. The molecule has 0 spiro atoms. The van der Waals surface area contributed by atoms with Gasteiger partial charge in [0.05, 0.1) is 17.4 Å². The predicted octanol–water partition coefficient (Wildman–Crippen LogP) is 4.54. The van der Waals surface area contributed by atoms with Crippen molar-refractivity contribution in [3.05, 3.63) is 48.3 Å². The highest BCUT2D eigenvalue weighted by Gasteiger charge is 2.16. The molecular weight excluding hydrogens is 336 g/mol. The van der Waals surface area contributed by atoms with Crippen molar-refractivity contribution in [1.29, 1.82) is 0 Å². The van der Waals surface area contributed by atoms with Gasteiger partial charge in [-0.3, -0.25) is 9.78 Å². The van der Waals surface area contributed by atoms with Gasteiger partial charge in [0.2, 0.25) is 0 Å². The van der Waals surface area contributed by atoms with Crippen molar-refractivity contribution >= 4 is 23.0 Å². The molecule has 0 radical (unpaired) electrons. The molecule has 1 aromatic heterocycles. The summed E-state index contributed by atoms with van der Waals surface area (Å²) in [5.41, 5.74) is 3.71. The first kappa shape index (κ1) is 19.2. The van der Waals surface area contributed by atoms with Crippen molar-refractivity contribution in [2.75, 3.05) is 36.4 Å². The summed E-state index contributed by atoms with van der Waals surface area (Å²) in [7, 11) is 0. The first-order valence-electron chi connectivity index (χ1n) is 9.97. The Morgan fingerprint density at radius 3 is 2.41 bits per heavy atom. The van der Waals surface area contributed by atoms with Crippen LogP contribution in [0.15, 0.2) is 42.7 Å². The summed E-state index contributed by atoms with van der Waals surface area (Å²) < 4.78 is 0. The molecule has 1 aliphatic heterocycles. The number of pyridine rings is 1. The lowest BCUT2D eigenvalue weighted by Gasteiger charge is -2.32. The molecule has 1 aromatic carbocycles. The van der Waals surface area contributed by atoms with E-state index in [2.05, 4.69) is 46.4 Å². The van der Waals surface area contributed by atoms with Gasteiger partial charge < -0.3 is 15.1 Å². The minimum Gasteiger partial charge on any atom is -0.372 e. The van der Waals surface area contributed by atoms with E-state index in [1.807, 2.05) is 19.9 Å². The number of hydrogen-bond donors (Lipinski definition) is 1. The Hall–Kier alpha value is -2.56. The Morgan fingerprint density at radius 1 is 1.11 bits per heavy atom. The third-order valence-electron chi connectivity index (χ3n) is 5.34. The maximum absolute atomic E-state index is 12.5. The van der Waals surface area contributed by atoms with E-state index in [1.54, 1.807) is 17.3 Å². The lowest BCUT2D eigenvalue weighted by Crippen LogP contribution is -2.32. The van der Waals surface area contributed by atoms with Crippen LogP contribution in [0.2, 0.25) is 0 Å². The van der Waals surface area contributed by atoms with Gasteiger partial charge in [-0.2, -0.15) is 0 Å². The average molecular weight is 367 g/mol. The molecule has 3 rings (SSSR count). The molecule has 0 unspecified atom stereocenters. The van der Waals surface area contributed by atoms with Gasteiger partial charge in [-0.15, -0.1) is 0 Å². The quantitative estimate of drug-likeness (QED) is 0.815. The summed E-state index contributed by atoms with van der Waals surface area (Å²) in [5.74, 6) is 0.854. The highest BCUT2D eigenvalue weighted by Crippen LogP contribution is 2.25. The smallest absolute Gasteiger partial charge is 0.255 e. The van der Waals surface area contributed by atoms with E-state index in [4.69, 9.17) is 0 Å². The molecule has 0 aliphatic carbocycles. The zero-order valence-electron chi connectivity index (χ0n) is 16.6. The highest BCUT2D eigenvalue weighted by molar-refractivity contribution is 5.94. The fourth-order valence-electron chi connectivity index (χ4n) is 3.51. The number of hydrogen-bond acceptors (Lipinski definition) is 4. The van der Waals surface area contributed by atoms with E-state index >= 15 is 0 Å². The van der Waals surface area contributed by atoms with E-state index in [0.717, 1.165) is 30.4 Å². The van der Waals surface area contributed by atoms with Gasteiger partial charge in [0.15, 0.2) is 0 Å². The maximum Gasteiger partial charge on any atom is 0.255 e. The molecular formula is C22H30N4O. The SMILES string of the molecule is CCN(CC)C(=O)c1cncc(Nc2ccc(N3CCC(C)CC3)cc2)c1. The number of aromatic nitrogens is 1. The topological polar surface area (TPSA) is 48.5 Å². The molecule has 2 aromatic rings. The minimum absolute atomic E-state index is 0.0193. The molecule has 1 N–H and O–H groups in total. The van der Waals surface area contributed by atoms with Crippen LogP contribution in [0.1, 0.15) is 44.0 Å². The summed E-state index contributed by atoms with van der Waals surface area (Å²) in [6, 6.07) is 10.4. The highest BCUT2D eigenvalue weighted by atomic mass is 16.2. The monoisotopic (exact) mass is 366 g/mol.